The van der Waals surface area contributed by atoms with Gasteiger partial charge in [0, 0.05) is 29.3 Å². The zero-order chi connectivity index (χ0) is 46.7. The number of aromatic nitrogens is 1. The third kappa shape index (κ3) is 13.1. The van der Waals surface area contributed by atoms with E-state index in [4.69, 9.17) is 15.0 Å². The van der Waals surface area contributed by atoms with Gasteiger partial charge in [0.2, 0.25) is 0 Å². The van der Waals surface area contributed by atoms with Gasteiger partial charge in [-0.2, -0.15) is 0 Å². The fourth-order valence-corrected chi connectivity index (χ4v) is 9.80. The fourth-order valence-electron chi connectivity index (χ4n) is 9.80. The monoisotopic (exact) mass is 877 g/mol. The van der Waals surface area contributed by atoms with Crippen LogP contribution in [0, 0.1) is 23.7 Å². The van der Waals surface area contributed by atoms with Gasteiger partial charge in [-0.15, -0.1) is 0 Å². The zero-order valence-corrected chi connectivity index (χ0v) is 40.2. The molecular weight excluding hydrogens is 801 g/mol. The van der Waals surface area contributed by atoms with E-state index in [0.717, 1.165) is 88.1 Å². The average molecular weight is 877 g/mol. The molecule has 10 heteroatoms. The van der Waals surface area contributed by atoms with Crippen molar-refractivity contribution in [3.63, 3.8) is 0 Å². The molecule has 3 unspecified atom stereocenters. The smallest absolute Gasteiger partial charge is 0.303 e. The number of aromatic amines is 1. The van der Waals surface area contributed by atoms with Gasteiger partial charge in [-0.25, -0.2) is 15.0 Å². The van der Waals surface area contributed by atoms with Crippen LogP contribution in [-0.4, -0.2) is 60.6 Å². The summed E-state index contributed by atoms with van der Waals surface area (Å²) in [5, 5.41) is 43.0. The second-order valence-electron chi connectivity index (χ2n) is 19.5. The van der Waals surface area contributed by atoms with Gasteiger partial charge >= 0.3 is 11.9 Å². The Morgan fingerprint density at radius 3 is 1.62 bits per heavy atom. The van der Waals surface area contributed by atoms with E-state index in [1.807, 2.05) is 38.2 Å². The van der Waals surface area contributed by atoms with Crippen LogP contribution in [-0.2, 0) is 16.0 Å². The molecule has 0 saturated heterocycles. The number of rotatable bonds is 24. The molecule has 348 valence electrons. The molecule has 1 aromatic rings. The number of aliphatic hydroxyl groups is 2. The molecule has 5 N–H and O–H groups in total. The lowest BCUT2D eigenvalue weighted by Gasteiger charge is -2.18. The van der Waals surface area contributed by atoms with Crippen molar-refractivity contribution in [3.05, 3.63) is 84.5 Å². The van der Waals surface area contributed by atoms with Gasteiger partial charge < -0.3 is 25.4 Å². The third-order valence-electron chi connectivity index (χ3n) is 13.8. The summed E-state index contributed by atoms with van der Waals surface area (Å²) >= 11 is 0. The maximum Gasteiger partial charge on any atom is 0.303 e. The van der Waals surface area contributed by atoms with Crippen LogP contribution in [0.5, 0.6) is 0 Å². The average Bonchev–Trinajstić information content (AvgIpc) is 3.91. The Morgan fingerprint density at radius 2 is 1.09 bits per heavy atom. The van der Waals surface area contributed by atoms with E-state index in [9.17, 15) is 30.0 Å². The lowest BCUT2D eigenvalue weighted by molar-refractivity contribution is -0.138. The molecule has 4 aliphatic rings. The number of carbonyl (C=O) groups is 2. The molecule has 64 heavy (non-hydrogen) atoms. The summed E-state index contributed by atoms with van der Waals surface area (Å²) in [7, 11) is 0. The van der Waals surface area contributed by atoms with Crippen LogP contribution >= 0.6 is 0 Å². The normalized spacial score (nSPS) is 18.5. The number of hydrogen-bond acceptors (Lipinski definition) is 7. The lowest BCUT2D eigenvalue weighted by Crippen LogP contribution is -2.27. The second kappa shape index (κ2) is 23.4. The fraction of sp³-hybridized carbons (Fsp3) is 0.574. The van der Waals surface area contributed by atoms with Crippen LogP contribution in [0.1, 0.15) is 176 Å². The van der Waals surface area contributed by atoms with E-state index in [2.05, 4.69) is 53.5 Å². The molecule has 8 bridgehead atoms. The van der Waals surface area contributed by atoms with Crippen molar-refractivity contribution < 1.29 is 30.0 Å². The highest BCUT2D eigenvalue weighted by Crippen LogP contribution is 2.37. The number of aliphatic imine (C=N–C) groups is 3. The topological polar surface area (TPSA) is 168 Å². The Morgan fingerprint density at radius 1 is 0.625 bits per heavy atom. The molecule has 0 fully saturated rings. The number of carboxylic acid groups (broad SMARTS) is 2. The Kier molecular flexibility index (Phi) is 18.3. The summed E-state index contributed by atoms with van der Waals surface area (Å²) in [5.41, 5.74) is 10.5. The van der Waals surface area contributed by atoms with Crippen molar-refractivity contribution in [2.24, 2.45) is 38.6 Å². The first-order chi connectivity index (χ1) is 30.5. The van der Waals surface area contributed by atoms with Crippen molar-refractivity contribution >= 4 is 47.5 Å². The van der Waals surface area contributed by atoms with Crippen LogP contribution in [0.25, 0.3) is 18.4 Å². The number of carboxylic acids is 2. The molecule has 5 heterocycles. The number of allylic oxidation sites excluding steroid dienone is 7. The number of H-pyrrole nitrogens is 1. The Labute approximate surface area is 382 Å². The predicted octanol–water partition coefficient (Wildman–Crippen LogP) is 11.4. The first-order valence-corrected chi connectivity index (χ1v) is 24.2. The molecule has 0 aliphatic carbocycles. The first kappa shape index (κ1) is 50.2. The summed E-state index contributed by atoms with van der Waals surface area (Å²) < 4.78 is 0. The van der Waals surface area contributed by atoms with E-state index in [1.165, 1.54) is 57.8 Å². The molecule has 0 saturated carbocycles. The molecule has 4 atom stereocenters. The number of fused-ring (bicyclic) bond motifs is 5. The zero-order valence-electron chi connectivity index (χ0n) is 40.2. The van der Waals surface area contributed by atoms with Crippen LogP contribution in [0.15, 0.2) is 77.7 Å². The molecule has 0 aromatic carbocycles. The largest absolute Gasteiger partial charge is 0.515 e. The quantitative estimate of drug-likeness (QED) is 0.0693. The van der Waals surface area contributed by atoms with Crippen LogP contribution in [0.3, 0.4) is 0 Å². The molecule has 1 aromatic heterocycles. The summed E-state index contributed by atoms with van der Waals surface area (Å²) in [5.74, 6) is 1.06. The van der Waals surface area contributed by atoms with E-state index in [-0.39, 0.29) is 25.7 Å². The van der Waals surface area contributed by atoms with Gasteiger partial charge in [0.1, 0.15) is 0 Å². The lowest BCUT2D eigenvalue weighted by atomic mass is 9.89. The number of aliphatic hydroxyl groups excluding tert-OH is 2. The molecule has 0 amide bonds. The summed E-state index contributed by atoms with van der Waals surface area (Å²) in [4.78, 5) is 42.3. The molecule has 5 rings (SSSR count). The number of nitrogens with zero attached hydrogens (tertiary/aromatic N) is 3. The maximum atomic E-state index is 12.0. The highest BCUT2D eigenvalue weighted by molar-refractivity contribution is 6.24. The Hall–Kier alpha value is -4.83. The standard InChI is InChI=1S/C54H76N4O6/c1-10-39-36(7)44-29-50-54(51(60)22-14-21-35(6)20-13-19-34(5)18-12-17-33(4)16-11-15-32(2)3)38(9)45(57-50)28-49-42(31-59)41(24-26-53(63)64)48(58-49)30-47-40(23-25-52(61)62)37(8)43(56-47)27-46(39)55-44/h27-35,51,58-60H,10-26H2,1-9H3,(H,61,62)(H,63,64)/b42-31+,46-27?,47-30?,49-28?,50-29?/t33?,34?,35?,51-/m0/s1. The SMILES string of the molecule is CCC1=C(C)C2=NC1=CC1=NC(=Cc3[nH]c(/c(=C/O)c3CCC(=O)O)=CC3=NC(=C2)C([C@@H](O)CCCC(C)CCCC(C)CCCC(C)CCCC(C)C)=C3C)C(CCC(=O)O)=C1C. The molecular formula is C54H76N4O6. The van der Waals surface area contributed by atoms with Crippen LogP contribution in [0.2, 0.25) is 0 Å². The van der Waals surface area contributed by atoms with Gasteiger partial charge in [-0.3, -0.25) is 9.59 Å². The van der Waals surface area contributed by atoms with Crippen molar-refractivity contribution in [3.8, 4) is 0 Å². The van der Waals surface area contributed by atoms with Crippen molar-refractivity contribution in [2.45, 2.75) is 178 Å². The predicted molar refractivity (Wildman–Crippen MR) is 263 cm³/mol. The van der Waals surface area contributed by atoms with Crippen molar-refractivity contribution in [1.29, 1.82) is 0 Å². The number of nitrogens with one attached hydrogen (secondary N) is 1. The number of aliphatic carboxylic acids is 2. The number of hydrogen-bond donors (Lipinski definition) is 5. The van der Waals surface area contributed by atoms with E-state index >= 15 is 0 Å². The van der Waals surface area contributed by atoms with E-state index in [0.29, 0.717) is 57.0 Å². The minimum absolute atomic E-state index is 0.0830. The first-order valence-electron chi connectivity index (χ1n) is 24.2. The van der Waals surface area contributed by atoms with Crippen molar-refractivity contribution in [1.82, 2.24) is 4.98 Å². The minimum Gasteiger partial charge on any atom is -0.515 e. The van der Waals surface area contributed by atoms with Gasteiger partial charge in [0.05, 0.1) is 51.9 Å². The summed E-state index contributed by atoms with van der Waals surface area (Å²) in [6.07, 6.45) is 23.0. The minimum atomic E-state index is -0.973. The van der Waals surface area contributed by atoms with E-state index < -0.39 is 18.0 Å². The molecule has 4 aliphatic heterocycles. The van der Waals surface area contributed by atoms with Gasteiger partial charge in [-0.1, -0.05) is 112 Å². The van der Waals surface area contributed by atoms with Gasteiger partial charge in [0.25, 0.3) is 0 Å². The Bertz CT molecular complexity index is 2320. The highest BCUT2D eigenvalue weighted by Gasteiger charge is 2.29. The molecule has 0 spiro atoms. The van der Waals surface area contributed by atoms with Gasteiger partial charge in [-0.05, 0) is 128 Å². The summed E-state index contributed by atoms with van der Waals surface area (Å²) in [6.45, 7) is 19.9. The van der Waals surface area contributed by atoms with Gasteiger partial charge in [0.15, 0.2) is 0 Å². The van der Waals surface area contributed by atoms with E-state index in [1.54, 1.807) is 0 Å². The second-order valence-corrected chi connectivity index (χ2v) is 19.5. The molecule has 10 nitrogen and oxygen atoms in total. The highest BCUT2D eigenvalue weighted by atomic mass is 16.4. The van der Waals surface area contributed by atoms with Crippen molar-refractivity contribution in [2.75, 3.05) is 0 Å². The summed E-state index contributed by atoms with van der Waals surface area (Å²) in [6, 6.07) is 0. The third-order valence-corrected chi connectivity index (χ3v) is 13.8. The molecule has 0 radical (unpaired) electrons. The maximum absolute atomic E-state index is 12.0. The Balaban J connectivity index is 1.40. The van der Waals surface area contributed by atoms with Crippen LogP contribution in [0.4, 0.5) is 0 Å². The van der Waals surface area contributed by atoms with Crippen LogP contribution < -0.4 is 10.6 Å².